The third-order valence-electron chi connectivity index (χ3n) is 3.69. The van der Waals surface area contributed by atoms with Crippen molar-refractivity contribution in [3.05, 3.63) is 54.0 Å². The molecule has 2 rings (SSSR count). The predicted molar refractivity (Wildman–Crippen MR) is 84.5 cm³/mol. The number of carbonyl (C=O) groups excluding carboxylic acids is 2. The lowest BCUT2D eigenvalue weighted by atomic mass is 9.93. The van der Waals surface area contributed by atoms with Crippen molar-refractivity contribution in [2.45, 2.75) is 18.7 Å². The number of nitrogens with zero attached hydrogens (tertiary/aromatic N) is 1. The number of esters is 1. The largest absolute Gasteiger partial charge is 0.463 e. The summed E-state index contributed by atoms with van der Waals surface area (Å²) in [5.74, 6) is -2.28. The minimum atomic E-state index is -5.28. The molecule has 0 aliphatic carbocycles. The predicted octanol–water partition coefficient (Wildman–Crippen LogP) is 2.87. The Morgan fingerprint density at radius 3 is 2.27 bits per heavy atom. The van der Waals surface area contributed by atoms with Crippen LogP contribution < -0.4 is 4.90 Å². The molecule has 0 unspecified atom stereocenters. The molecule has 2 aromatic rings. The lowest BCUT2D eigenvalue weighted by molar-refractivity contribution is -0.267. The molecule has 140 valence electrons. The number of ether oxygens (including phenoxy) is 1. The minimum absolute atomic E-state index is 0.0508. The van der Waals surface area contributed by atoms with Gasteiger partial charge < -0.3 is 19.2 Å². The molecule has 0 saturated carbocycles. The number of benzene rings is 1. The number of alkyl halides is 3. The van der Waals surface area contributed by atoms with Crippen LogP contribution >= 0.6 is 0 Å². The van der Waals surface area contributed by atoms with Crippen LogP contribution in [-0.4, -0.2) is 36.8 Å². The second-order valence-corrected chi connectivity index (χ2v) is 5.32. The zero-order chi connectivity index (χ0) is 19.5. The summed E-state index contributed by atoms with van der Waals surface area (Å²) in [6, 6.07) is 7.12. The summed E-state index contributed by atoms with van der Waals surface area (Å²) in [4.78, 5) is 25.0. The smallest absolute Gasteiger partial charge is 0.432 e. The van der Waals surface area contributed by atoms with Crippen molar-refractivity contribution in [1.82, 2.24) is 0 Å². The van der Waals surface area contributed by atoms with Gasteiger partial charge >= 0.3 is 12.1 Å². The van der Waals surface area contributed by atoms with Gasteiger partial charge in [0.05, 0.1) is 12.9 Å². The summed E-state index contributed by atoms with van der Waals surface area (Å²) in [7, 11) is 1.40. The average molecular weight is 371 g/mol. The van der Waals surface area contributed by atoms with E-state index in [1.807, 2.05) is 0 Å². The van der Waals surface area contributed by atoms with E-state index in [2.05, 4.69) is 4.74 Å². The Morgan fingerprint density at radius 1 is 1.19 bits per heavy atom. The van der Waals surface area contributed by atoms with Gasteiger partial charge in [-0.05, 0) is 31.2 Å². The maximum absolute atomic E-state index is 13.3. The zero-order valence-corrected chi connectivity index (χ0v) is 13.9. The van der Waals surface area contributed by atoms with Crippen molar-refractivity contribution < 1.29 is 37.0 Å². The Labute approximate surface area is 146 Å². The molecule has 1 aromatic carbocycles. The van der Waals surface area contributed by atoms with Gasteiger partial charge in [-0.15, -0.1) is 0 Å². The Bertz CT molecular complexity index is 771. The van der Waals surface area contributed by atoms with E-state index >= 15 is 0 Å². The van der Waals surface area contributed by atoms with Gasteiger partial charge in [0.15, 0.2) is 5.76 Å². The fourth-order valence-corrected chi connectivity index (χ4v) is 2.24. The van der Waals surface area contributed by atoms with Crippen LogP contribution in [0.25, 0.3) is 0 Å². The topological polar surface area (TPSA) is 80.0 Å². The number of halogens is 3. The Balaban J connectivity index is 2.34. The molecule has 9 heteroatoms. The number of rotatable bonds is 5. The van der Waals surface area contributed by atoms with Crippen molar-refractivity contribution in [2.75, 3.05) is 18.6 Å². The number of anilines is 1. The Morgan fingerprint density at radius 2 is 1.81 bits per heavy atom. The summed E-state index contributed by atoms with van der Waals surface area (Å²) in [6.07, 6.45) is -3.97. The van der Waals surface area contributed by atoms with Crippen LogP contribution in [0.2, 0.25) is 0 Å². The number of amides is 1. The van der Waals surface area contributed by atoms with Crippen molar-refractivity contribution in [2.24, 2.45) is 0 Å². The van der Waals surface area contributed by atoms with Crippen molar-refractivity contribution in [3.8, 4) is 0 Å². The zero-order valence-electron chi connectivity index (χ0n) is 13.9. The standard InChI is InChI=1S/C17H16F3NO5/c1-3-25-15(23)16(24,17(18,19)20)11-6-8-12(9-7-11)21(2)14(22)13-5-4-10-26-13/h4-10,24H,3H2,1-2H3/t16-/m1/s1. The molecule has 0 fully saturated rings. The number of furan rings is 1. The van der Waals surface area contributed by atoms with Gasteiger partial charge in [0.2, 0.25) is 0 Å². The quantitative estimate of drug-likeness (QED) is 0.818. The van der Waals surface area contributed by atoms with Crippen LogP contribution in [0, 0.1) is 0 Å². The molecule has 0 radical (unpaired) electrons. The van der Waals surface area contributed by atoms with E-state index < -0.39 is 29.2 Å². The molecular formula is C17H16F3NO5. The highest BCUT2D eigenvalue weighted by Crippen LogP contribution is 2.40. The number of hydrogen-bond donors (Lipinski definition) is 1. The molecule has 0 saturated heterocycles. The minimum Gasteiger partial charge on any atom is -0.463 e. The summed E-state index contributed by atoms with van der Waals surface area (Å²) < 4.78 is 49.3. The van der Waals surface area contributed by atoms with Gasteiger partial charge in [-0.1, -0.05) is 12.1 Å². The third kappa shape index (κ3) is 3.43. The number of aliphatic hydroxyl groups is 1. The van der Waals surface area contributed by atoms with Crippen LogP contribution in [0.1, 0.15) is 23.0 Å². The van der Waals surface area contributed by atoms with Gasteiger partial charge in [-0.25, -0.2) is 4.79 Å². The van der Waals surface area contributed by atoms with E-state index in [4.69, 9.17) is 4.42 Å². The van der Waals surface area contributed by atoms with Crippen LogP contribution in [-0.2, 0) is 15.1 Å². The number of hydrogen-bond acceptors (Lipinski definition) is 5. The Hall–Kier alpha value is -2.81. The highest BCUT2D eigenvalue weighted by molar-refractivity contribution is 6.03. The molecule has 0 aliphatic rings. The fourth-order valence-electron chi connectivity index (χ4n) is 2.24. The van der Waals surface area contributed by atoms with E-state index in [0.29, 0.717) is 0 Å². The maximum atomic E-state index is 13.3. The van der Waals surface area contributed by atoms with Crippen molar-refractivity contribution in [1.29, 1.82) is 0 Å². The average Bonchev–Trinajstić information content (AvgIpc) is 3.13. The van der Waals surface area contributed by atoms with Gasteiger partial charge in [0, 0.05) is 18.3 Å². The lowest BCUT2D eigenvalue weighted by Crippen LogP contribution is -2.50. The van der Waals surface area contributed by atoms with Crippen LogP contribution in [0.5, 0.6) is 0 Å². The van der Waals surface area contributed by atoms with Crippen LogP contribution in [0.15, 0.2) is 47.1 Å². The van der Waals surface area contributed by atoms with Crippen LogP contribution in [0.4, 0.5) is 18.9 Å². The normalized spacial score (nSPS) is 13.8. The molecule has 1 amide bonds. The van der Waals surface area contributed by atoms with Crippen LogP contribution in [0.3, 0.4) is 0 Å². The fraction of sp³-hybridized carbons (Fsp3) is 0.294. The second-order valence-electron chi connectivity index (χ2n) is 5.32. The molecular weight excluding hydrogens is 355 g/mol. The van der Waals surface area contributed by atoms with Gasteiger partial charge in [-0.2, -0.15) is 13.2 Å². The SMILES string of the molecule is CCOC(=O)[C@](O)(c1ccc(N(C)C(=O)c2ccco2)cc1)C(F)(F)F. The molecule has 26 heavy (non-hydrogen) atoms. The van der Waals surface area contributed by atoms with Gasteiger partial charge in [0.25, 0.3) is 11.5 Å². The summed E-state index contributed by atoms with van der Waals surface area (Å²) >= 11 is 0. The van der Waals surface area contributed by atoms with E-state index in [-0.39, 0.29) is 18.1 Å². The first-order valence-corrected chi connectivity index (χ1v) is 7.51. The monoisotopic (exact) mass is 371 g/mol. The van der Waals surface area contributed by atoms with E-state index in [1.165, 1.54) is 44.5 Å². The molecule has 0 aliphatic heterocycles. The molecule has 1 heterocycles. The second kappa shape index (κ2) is 7.20. The first-order valence-electron chi connectivity index (χ1n) is 7.51. The van der Waals surface area contributed by atoms with Gasteiger partial charge in [-0.3, -0.25) is 4.79 Å². The van der Waals surface area contributed by atoms with Crippen molar-refractivity contribution in [3.63, 3.8) is 0 Å². The number of carbonyl (C=O) groups is 2. The van der Waals surface area contributed by atoms with Gasteiger partial charge in [0.1, 0.15) is 0 Å². The molecule has 0 spiro atoms. The summed E-state index contributed by atoms with van der Waals surface area (Å²) in [5.41, 5.74) is -4.28. The molecule has 1 N–H and O–H groups in total. The molecule has 1 atom stereocenters. The lowest BCUT2D eigenvalue weighted by Gasteiger charge is -2.28. The summed E-state index contributed by atoms with van der Waals surface area (Å²) in [6.45, 7) is 1.00. The highest BCUT2D eigenvalue weighted by Gasteiger charge is 2.62. The third-order valence-corrected chi connectivity index (χ3v) is 3.69. The first kappa shape index (κ1) is 19.5. The van der Waals surface area contributed by atoms with E-state index in [9.17, 15) is 27.9 Å². The highest BCUT2D eigenvalue weighted by atomic mass is 19.4. The van der Waals surface area contributed by atoms with E-state index in [0.717, 1.165) is 17.0 Å². The summed E-state index contributed by atoms with van der Waals surface area (Å²) in [5, 5.41) is 10.0. The first-order chi connectivity index (χ1) is 12.1. The van der Waals surface area contributed by atoms with Crippen molar-refractivity contribution >= 4 is 17.6 Å². The Kier molecular flexibility index (Phi) is 5.41. The molecule has 1 aromatic heterocycles. The maximum Gasteiger partial charge on any atom is 0.432 e. The molecule has 6 nitrogen and oxygen atoms in total. The molecule has 0 bridgehead atoms. The van der Waals surface area contributed by atoms with E-state index in [1.54, 1.807) is 0 Å².